The standard InChI is InChI=1S/C17H13ClN2/c18-13-8-5-12(6-9-13)16-15-10-7-11-3-1-2-4-14(11)17(15)20-19-16/h1-6,8-9H,7,10H2,(H,19,20). The predicted molar refractivity (Wildman–Crippen MR) is 81.9 cm³/mol. The molecule has 0 bridgehead atoms. The van der Waals surface area contributed by atoms with Crippen molar-refractivity contribution in [2.24, 2.45) is 0 Å². The van der Waals surface area contributed by atoms with Gasteiger partial charge < -0.3 is 0 Å². The average molecular weight is 281 g/mol. The number of aromatic nitrogens is 2. The van der Waals surface area contributed by atoms with Gasteiger partial charge in [0.2, 0.25) is 0 Å². The number of aromatic amines is 1. The number of aryl methyl sites for hydroxylation is 1. The summed E-state index contributed by atoms with van der Waals surface area (Å²) in [4.78, 5) is 0. The van der Waals surface area contributed by atoms with Gasteiger partial charge in [0.15, 0.2) is 0 Å². The Hall–Kier alpha value is -2.06. The Morgan fingerprint density at radius 3 is 2.60 bits per heavy atom. The minimum atomic E-state index is 0.753. The van der Waals surface area contributed by atoms with E-state index in [0.717, 1.165) is 34.8 Å². The first kappa shape index (κ1) is 11.7. The molecule has 98 valence electrons. The molecule has 4 rings (SSSR count). The van der Waals surface area contributed by atoms with Crippen LogP contribution >= 0.6 is 11.6 Å². The summed E-state index contributed by atoms with van der Waals surface area (Å²) in [6.45, 7) is 0. The third-order valence-electron chi connectivity index (χ3n) is 3.92. The van der Waals surface area contributed by atoms with Gasteiger partial charge in [0.25, 0.3) is 0 Å². The van der Waals surface area contributed by atoms with Crippen LogP contribution in [0.25, 0.3) is 22.5 Å². The molecule has 2 nitrogen and oxygen atoms in total. The molecule has 0 saturated heterocycles. The van der Waals surface area contributed by atoms with E-state index in [2.05, 4.69) is 34.5 Å². The van der Waals surface area contributed by atoms with Crippen molar-refractivity contribution in [1.82, 2.24) is 10.2 Å². The third-order valence-corrected chi connectivity index (χ3v) is 4.17. The lowest BCUT2D eigenvalue weighted by Crippen LogP contribution is -2.03. The maximum atomic E-state index is 5.96. The van der Waals surface area contributed by atoms with Crippen LogP contribution in [-0.4, -0.2) is 10.2 Å². The van der Waals surface area contributed by atoms with Crippen molar-refractivity contribution in [2.45, 2.75) is 12.8 Å². The molecule has 3 heteroatoms. The second-order valence-electron chi connectivity index (χ2n) is 5.09. The molecule has 0 aliphatic heterocycles. The van der Waals surface area contributed by atoms with Crippen LogP contribution in [0.4, 0.5) is 0 Å². The SMILES string of the molecule is Clc1ccc(-c2n[nH]c3c2CCc2ccccc2-3)cc1. The second kappa shape index (κ2) is 4.50. The van der Waals surface area contributed by atoms with Crippen LogP contribution < -0.4 is 0 Å². The van der Waals surface area contributed by atoms with E-state index in [-0.39, 0.29) is 0 Å². The van der Waals surface area contributed by atoms with Crippen molar-refractivity contribution in [3.05, 3.63) is 64.7 Å². The Kier molecular flexibility index (Phi) is 2.64. The van der Waals surface area contributed by atoms with Crippen molar-refractivity contribution in [3.63, 3.8) is 0 Å². The van der Waals surface area contributed by atoms with Gasteiger partial charge in [-0.1, -0.05) is 48.0 Å². The summed E-state index contributed by atoms with van der Waals surface area (Å²) in [6, 6.07) is 16.4. The van der Waals surface area contributed by atoms with Gasteiger partial charge in [-0.05, 0) is 30.5 Å². The fourth-order valence-corrected chi connectivity index (χ4v) is 3.05. The highest BCUT2D eigenvalue weighted by Crippen LogP contribution is 2.37. The zero-order valence-corrected chi connectivity index (χ0v) is 11.6. The van der Waals surface area contributed by atoms with Crippen molar-refractivity contribution in [1.29, 1.82) is 0 Å². The largest absolute Gasteiger partial charge is 0.277 e. The molecule has 0 saturated carbocycles. The number of nitrogens with zero attached hydrogens (tertiary/aromatic N) is 1. The fraction of sp³-hybridized carbons (Fsp3) is 0.118. The number of halogens is 1. The Morgan fingerprint density at radius 1 is 0.950 bits per heavy atom. The van der Waals surface area contributed by atoms with Crippen molar-refractivity contribution in [3.8, 4) is 22.5 Å². The highest BCUT2D eigenvalue weighted by atomic mass is 35.5. The molecule has 0 unspecified atom stereocenters. The van der Waals surface area contributed by atoms with E-state index in [4.69, 9.17) is 11.6 Å². The molecule has 20 heavy (non-hydrogen) atoms. The van der Waals surface area contributed by atoms with E-state index in [0.29, 0.717) is 0 Å². The summed E-state index contributed by atoms with van der Waals surface area (Å²) in [5.74, 6) is 0. The Bertz CT molecular complexity index is 772. The number of rotatable bonds is 1. The molecule has 0 atom stereocenters. The molecular weight excluding hydrogens is 268 g/mol. The minimum absolute atomic E-state index is 0.753. The lowest BCUT2D eigenvalue weighted by Gasteiger charge is -2.16. The third kappa shape index (κ3) is 1.76. The van der Waals surface area contributed by atoms with Crippen LogP contribution in [0.2, 0.25) is 5.02 Å². The summed E-state index contributed by atoms with van der Waals surface area (Å²) >= 11 is 5.96. The molecule has 0 fully saturated rings. The number of hydrogen-bond acceptors (Lipinski definition) is 1. The number of nitrogens with one attached hydrogen (secondary N) is 1. The maximum absolute atomic E-state index is 5.96. The summed E-state index contributed by atoms with van der Waals surface area (Å²) in [6.07, 6.45) is 2.10. The second-order valence-corrected chi connectivity index (χ2v) is 5.53. The first-order valence-electron chi connectivity index (χ1n) is 6.74. The van der Waals surface area contributed by atoms with Gasteiger partial charge in [0.1, 0.15) is 0 Å². The van der Waals surface area contributed by atoms with E-state index < -0.39 is 0 Å². The molecular formula is C17H13ClN2. The first-order chi connectivity index (χ1) is 9.83. The number of hydrogen-bond donors (Lipinski definition) is 1. The number of H-pyrrole nitrogens is 1. The first-order valence-corrected chi connectivity index (χ1v) is 7.12. The zero-order valence-electron chi connectivity index (χ0n) is 10.9. The van der Waals surface area contributed by atoms with Gasteiger partial charge in [-0.2, -0.15) is 5.10 Å². The van der Waals surface area contributed by atoms with Crippen LogP contribution in [0.15, 0.2) is 48.5 Å². The average Bonchev–Trinajstić information content (AvgIpc) is 2.92. The van der Waals surface area contributed by atoms with Gasteiger partial charge in [-0.25, -0.2) is 0 Å². The Morgan fingerprint density at radius 2 is 1.75 bits per heavy atom. The lowest BCUT2D eigenvalue weighted by molar-refractivity contribution is 0.943. The Labute approximate surface area is 122 Å². The monoisotopic (exact) mass is 280 g/mol. The van der Waals surface area contributed by atoms with Crippen LogP contribution in [0.3, 0.4) is 0 Å². The normalized spacial score (nSPS) is 12.8. The molecule has 0 spiro atoms. The maximum Gasteiger partial charge on any atom is 0.0959 e. The summed E-state index contributed by atoms with van der Waals surface area (Å²) < 4.78 is 0. The highest BCUT2D eigenvalue weighted by Gasteiger charge is 2.21. The molecule has 0 radical (unpaired) electrons. The predicted octanol–water partition coefficient (Wildman–Crippen LogP) is 4.50. The molecule has 1 aliphatic rings. The van der Waals surface area contributed by atoms with Crippen LogP contribution in [0, 0.1) is 0 Å². The van der Waals surface area contributed by atoms with Gasteiger partial charge in [-0.3, -0.25) is 5.10 Å². The van der Waals surface area contributed by atoms with Crippen molar-refractivity contribution in [2.75, 3.05) is 0 Å². The highest BCUT2D eigenvalue weighted by molar-refractivity contribution is 6.30. The zero-order chi connectivity index (χ0) is 13.5. The van der Waals surface area contributed by atoms with E-state index in [1.54, 1.807) is 0 Å². The summed E-state index contributed by atoms with van der Waals surface area (Å²) in [7, 11) is 0. The van der Waals surface area contributed by atoms with Gasteiger partial charge >= 0.3 is 0 Å². The van der Waals surface area contributed by atoms with Gasteiger partial charge in [0, 0.05) is 21.7 Å². The fourth-order valence-electron chi connectivity index (χ4n) is 2.92. The van der Waals surface area contributed by atoms with Crippen molar-refractivity contribution >= 4 is 11.6 Å². The van der Waals surface area contributed by atoms with Gasteiger partial charge in [-0.15, -0.1) is 0 Å². The Balaban J connectivity index is 1.87. The van der Waals surface area contributed by atoms with Crippen LogP contribution in [0.5, 0.6) is 0 Å². The van der Waals surface area contributed by atoms with Gasteiger partial charge in [0.05, 0.1) is 11.4 Å². The molecule has 0 amide bonds. The molecule has 1 N–H and O–H groups in total. The molecule has 1 aliphatic carbocycles. The van der Waals surface area contributed by atoms with Crippen LogP contribution in [-0.2, 0) is 12.8 Å². The molecule has 3 aromatic rings. The molecule has 2 aromatic carbocycles. The minimum Gasteiger partial charge on any atom is -0.277 e. The lowest BCUT2D eigenvalue weighted by atomic mass is 9.88. The quantitative estimate of drug-likeness (QED) is 0.699. The van der Waals surface area contributed by atoms with E-state index >= 15 is 0 Å². The smallest absolute Gasteiger partial charge is 0.0959 e. The molecule has 1 heterocycles. The summed E-state index contributed by atoms with van der Waals surface area (Å²) in [5, 5.41) is 8.49. The van der Waals surface area contributed by atoms with E-state index in [9.17, 15) is 0 Å². The summed E-state index contributed by atoms with van der Waals surface area (Å²) in [5.41, 5.74) is 7.31. The van der Waals surface area contributed by atoms with E-state index in [1.807, 2.05) is 24.3 Å². The number of fused-ring (bicyclic) bond motifs is 3. The number of benzene rings is 2. The van der Waals surface area contributed by atoms with Crippen molar-refractivity contribution < 1.29 is 0 Å². The van der Waals surface area contributed by atoms with Crippen LogP contribution in [0.1, 0.15) is 11.1 Å². The molecule has 1 aromatic heterocycles. The van der Waals surface area contributed by atoms with E-state index in [1.165, 1.54) is 16.7 Å². The topological polar surface area (TPSA) is 28.7 Å².